The van der Waals surface area contributed by atoms with Crippen LogP contribution in [0.15, 0.2) is 12.1 Å². The summed E-state index contributed by atoms with van der Waals surface area (Å²) >= 11 is 0. The van der Waals surface area contributed by atoms with E-state index in [-0.39, 0.29) is 11.3 Å². The van der Waals surface area contributed by atoms with Gasteiger partial charge in [0, 0.05) is 30.9 Å². The first-order valence-electron chi connectivity index (χ1n) is 10.4. The summed E-state index contributed by atoms with van der Waals surface area (Å²) in [5.41, 5.74) is 0.821. The summed E-state index contributed by atoms with van der Waals surface area (Å²) in [4.78, 5) is 23.2. The van der Waals surface area contributed by atoms with Crippen molar-refractivity contribution in [3.63, 3.8) is 0 Å². The van der Waals surface area contributed by atoms with Crippen molar-refractivity contribution in [3.8, 4) is 23.8 Å². The minimum atomic E-state index is -1.04. The van der Waals surface area contributed by atoms with Crippen molar-refractivity contribution in [2.75, 3.05) is 0 Å². The number of rotatable bonds is 2. The highest BCUT2D eigenvalue weighted by Crippen LogP contribution is 2.65. The zero-order valence-electron chi connectivity index (χ0n) is 17.3. The number of terminal acetylenes is 1. The summed E-state index contributed by atoms with van der Waals surface area (Å²) in [7, 11) is 0. The van der Waals surface area contributed by atoms with E-state index in [1.807, 2.05) is 6.07 Å². The molecule has 0 heterocycles. The molecular weight excluding hydrogens is 368 g/mol. The van der Waals surface area contributed by atoms with Gasteiger partial charge in [-0.15, -0.1) is 6.42 Å². The summed E-state index contributed by atoms with van der Waals surface area (Å²) < 4.78 is 10.9. The van der Waals surface area contributed by atoms with Crippen LogP contribution in [0.4, 0.5) is 0 Å². The lowest BCUT2D eigenvalue weighted by atomic mass is 9.53. The minimum absolute atomic E-state index is 0.248. The molecule has 1 aromatic carbocycles. The van der Waals surface area contributed by atoms with Crippen molar-refractivity contribution < 1.29 is 24.2 Å². The van der Waals surface area contributed by atoms with Crippen LogP contribution < -0.4 is 9.47 Å². The molecule has 0 amide bonds. The molecule has 0 saturated heterocycles. The van der Waals surface area contributed by atoms with E-state index in [0.717, 1.165) is 43.2 Å². The Morgan fingerprint density at radius 1 is 1.14 bits per heavy atom. The van der Waals surface area contributed by atoms with Gasteiger partial charge in [0.05, 0.1) is 0 Å². The second-order valence-corrected chi connectivity index (χ2v) is 9.10. The average Bonchev–Trinajstić information content (AvgIpc) is 2.92. The van der Waals surface area contributed by atoms with Crippen molar-refractivity contribution >= 4 is 11.9 Å². The van der Waals surface area contributed by atoms with Crippen LogP contribution in [0.3, 0.4) is 0 Å². The van der Waals surface area contributed by atoms with Crippen LogP contribution in [0.5, 0.6) is 11.5 Å². The monoisotopic (exact) mass is 396 g/mol. The highest BCUT2D eigenvalue weighted by molar-refractivity contribution is 5.72. The third-order valence-electron chi connectivity index (χ3n) is 7.66. The number of aryl methyl sites for hydroxylation is 1. The van der Waals surface area contributed by atoms with Crippen LogP contribution in [0, 0.1) is 29.6 Å². The number of hydrogen-bond acceptors (Lipinski definition) is 5. The van der Waals surface area contributed by atoms with Gasteiger partial charge in [-0.2, -0.15) is 0 Å². The molecule has 2 saturated carbocycles. The van der Waals surface area contributed by atoms with Crippen LogP contribution in [-0.2, 0) is 16.0 Å². The van der Waals surface area contributed by atoms with Gasteiger partial charge in [0.15, 0.2) is 0 Å². The number of hydrogen-bond donors (Lipinski definition) is 1. The maximum Gasteiger partial charge on any atom is 0.308 e. The Morgan fingerprint density at radius 2 is 1.86 bits per heavy atom. The predicted molar refractivity (Wildman–Crippen MR) is 107 cm³/mol. The van der Waals surface area contributed by atoms with Gasteiger partial charge in [-0.25, -0.2) is 0 Å². The predicted octanol–water partition coefficient (Wildman–Crippen LogP) is 3.76. The first kappa shape index (κ1) is 20.0. The molecule has 1 N–H and O–H groups in total. The molecule has 0 radical (unpaired) electrons. The third kappa shape index (κ3) is 3.05. The summed E-state index contributed by atoms with van der Waals surface area (Å²) in [5.74, 6) is 3.78. The standard InChI is InChI=1S/C24H28O5/c1-5-24(27)11-9-20-18-7-6-16-12-17(28-14(2)25)13-21(29-15(3)26)22(16)19(18)8-10-23(20,24)4/h1,12-13,18-20,27H,6-11H2,2-4H3/t18-,19+,20+,23+,24+/m1/s1. The van der Waals surface area contributed by atoms with E-state index in [1.54, 1.807) is 6.07 Å². The fourth-order valence-electron chi connectivity index (χ4n) is 6.37. The van der Waals surface area contributed by atoms with Gasteiger partial charge < -0.3 is 14.6 Å². The molecule has 29 heavy (non-hydrogen) atoms. The van der Waals surface area contributed by atoms with Crippen LogP contribution in [-0.4, -0.2) is 22.6 Å². The van der Waals surface area contributed by atoms with E-state index < -0.39 is 17.5 Å². The molecule has 0 bridgehead atoms. The quantitative estimate of drug-likeness (QED) is 0.468. The number of carbonyl (C=O) groups is 2. The van der Waals surface area contributed by atoms with E-state index in [2.05, 4.69) is 12.8 Å². The molecule has 1 aromatic rings. The minimum Gasteiger partial charge on any atom is -0.427 e. The van der Waals surface area contributed by atoms with E-state index in [9.17, 15) is 14.7 Å². The van der Waals surface area contributed by atoms with Crippen LogP contribution in [0.25, 0.3) is 0 Å². The summed E-state index contributed by atoms with van der Waals surface area (Å²) in [6, 6.07) is 3.56. The molecule has 0 unspecified atom stereocenters. The van der Waals surface area contributed by atoms with E-state index in [4.69, 9.17) is 15.9 Å². The fourth-order valence-corrected chi connectivity index (χ4v) is 6.37. The van der Waals surface area contributed by atoms with Crippen molar-refractivity contribution in [3.05, 3.63) is 23.3 Å². The van der Waals surface area contributed by atoms with Gasteiger partial charge in [-0.3, -0.25) is 9.59 Å². The Balaban J connectivity index is 1.75. The third-order valence-corrected chi connectivity index (χ3v) is 7.66. The highest BCUT2D eigenvalue weighted by Gasteiger charge is 2.61. The summed E-state index contributed by atoms with van der Waals surface area (Å²) in [6.07, 6.45) is 10.8. The van der Waals surface area contributed by atoms with Crippen molar-refractivity contribution in [1.82, 2.24) is 0 Å². The Bertz CT molecular complexity index is 913. The van der Waals surface area contributed by atoms with Crippen LogP contribution in [0.1, 0.15) is 69.9 Å². The van der Waals surface area contributed by atoms with Crippen LogP contribution in [0.2, 0.25) is 0 Å². The number of fused-ring (bicyclic) bond motifs is 5. The molecule has 0 aliphatic heterocycles. The Hall–Kier alpha value is -2.32. The number of benzene rings is 1. The second kappa shape index (κ2) is 6.88. The SMILES string of the molecule is C#C[C@]1(O)CC[C@H]2[C@@H]3CCc4cc(OC(C)=O)cc(OC(C)=O)c4[C@H]3CC[C@@]21C. The normalized spacial score (nSPS) is 34.9. The molecule has 0 aromatic heterocycles. The lowest BCUT2D eigenvalue weighted by Crippen LogP contribution is -2.50. The van der Waals surface area contributed by atoms with Gasteiger partial charge in [-0.1, -0.05) is 12.8 Å². The van der Waals surface area contributed by atoms with Crippen molar-refractivity contribution in [2.45, 2.75) is 70.8 Å². The molecular formula is C24H28O5. The first-order chi connectivity index (χ1) is 13.7. The Morgan fingerprint density at radius 3 is 2.52 bits per heavy atom. The maximum absolute atomic E-state index is 11.8. The highest BCUT2D eigenvalue weighted by atomic mass is 16.5. The Kier molecular flexibility index (Phi) is 4.74. The average molecular weight is 396 g/mol. The topological polar surface area (TPSA) is 72.8 Å². The zero-order chi connectivity index (χ0) is 21.0. The summed E-state index contributed by atoms with van der Waals surface area (Å²) in [5, 5.41) is 11.1. The van der Waals surface area contributed by atoms with Gasteiger partial charge in [-0.05, 0) is 67.9 Å². The van der Waals surface area contributed by atoms with Gasteiger partial charge in [0.25, 0.3) is 0 Å². The lowest BCUT2D eigenvalue weighted by Gasteiger charge is -2.52. The van der Waals surface area contributed by atoms with E-state index >= 15 is 0 Å². The maximum atomic E-state index is 11.8. The lowest BCUT2D eigenvalue weighted by molar-refractivity contribution is -0.132. The molecule has 5 nitrogen and oxygen atoms in total. The van der Waals surface area contributed by atoms with E-state index in [1.165, 1.54) is 13.8 Å². The molecule has 2 fully saturated rings. The largest absolute Gasteiger partial charge is 0.427 e. The van der Waals surface area contributed by atoms with E-state index in [0.29, 0.717) is 29.8 Å². The van der Waals surface area contributed by atoms with Crippen molar-refractivity contribution in [2.24, 2.45) is 17.3 Å². The molecule has 5 heteroatoms. The number of carbonyl (C=O) groups excluding carboxylic acids is 2. The van der Waals surface area contributed by atoms with Gasteiger partial charge in [0.1, 0.15) is 17.1 Å². The number of aliphatic hydroxyl groups is 1. The number of esters is 2. The van der Waals surface area contributed by atoms with Gasteiger partial charge >= 0.3 is 11.9 Å². The Labute approximate surface area is 171 Å². The molecule has 154 valence electrons. The zero-order valence-corrected chi connectivity index (χ0v) is 17.3. The smallest absolute Gasteiger partial charge is 0.308 e. The van der Waals surface area contributed by atoms with Gasteiger partial charge in [0.2, 0.25) is 0 Å². The molecule has 3 aliphatic rings. The van der Waals surface area contributed by atoms with Crippen LogP contribution >= 0.6 is 0 Å². The molecule has 3 aliphatic carbocycles. The summed E-state index contributed by atoms with van der Waals surface area (Å²) in [6.45, 7) is 4.88. The second-order valence-electron chi connectivity index (χ2n) is 9.10. The molecule has 0 spiro atoms. The van der Waals surface area contributed by atoms with Crippen molar-refractivity contribution in [1.29, 1.82) is 0 Å². The fraction of sp³-hybridized carbons (Fsp3) is 0.583. The molecule has 5 atom stereocenters. The molecule has 4 rings (SSSR count). The number of ether oxygens (including phenoxy) is 2. The first-order valence-corrected chi connectivity index (χ1v) is 10.4.